The third-order valence-corrected chi connectivity index (χ3v) is 7.54. The van der Waals surface area contributed by atoms with E-state index in [0.29, 0.717) is 25.8 Å². The van der Waals surface area contributed by atoms with Crippen LogP contribution in [0.1, 0.15) is 38.5 Å². The summed E-state index contributed by atoms with van der Waals surface area (Å²) in [6, 6.07) is 9.54. The van der Waals surface area contributed by atoms with Crippen molar-refractivity contribution in [2.45, 2.75) is 61.1 Å². The molecule has 9 nitrogen and oxygen atoms in total. The van der Waals surface area contributed by atoms with Crippen LogP contribution in [0.5, 0.6) is 0 Å². The number of hydrogen-bond donors (Lipinski definition) is 1. The maximum Gasteiger partial charge on any atom is 0.298 e. The van der Waals surface area contributed by atoms with Gasteiger partial charge in [0, 0.05) is 26.7 Å². The standard InChI is InChI=1S/C22H30N4O5S/c1-25(2)21(28)22(31-32(29,30)19-8-4-3-5-9-19)12-10-17(11-13-22)24-16-20(27)26-14-6-7-18(26)15-23/h3-5,8-9,17-18,24H,6-7,10-14,16H2,1-2H3/t17?,18-,22?/m0/s1. The molecule has 0 unspecified atom stereocenters. The van der Waals surface area contributed by atoms with Crippen molar-refractivity contribution >= 4 is 21.9 Å². The molecule has 3 rings (SSSR count). The van der Waals surface area contributed by atoms with Crippen LogP contribution in [0.25, 0.3) is 0 Å². The number of rotatable bonds is 7. The summed E-state index contributed by atoms with van der Waals surface area (Å²) in [7, 11) is -0.966. The molecule has 32 heavy (non-hydrogen) atoms. The van der Waals surface area contributed by atoms with Crippen molar-refractivity contribution in [1.29, 1.82) is 5.26 Å². The third-order valence-electron chi connectivity index (χ3n) is 6.15. The molecule has 1 N–H and O–H groups in total. The maximum absolute atomic E-state index is 13.0. The molecule has 1 aromatic rings. The Hall–Kier alpha value is -2.48. The molecule has 1 aliphatic heterocycles. The first-order chi connectivity index (χ1) is 15.2. The highest BCUT2D eigenvalue weighted by Gasteiger charge is 2.47. The summed E-state index contributed by atoms with van der Waals surface area (Å²) in [6.07, 6.45) is 2.93. The molecule has 1 aliphatic carbocycles. The number of likely N-dealkylation sites (tertiary alicyclic amines) is 1. The Kier molecular flexibility index (Phi) is 7.54. The van der Waals surface area contributed by atoms with Gasteiger partial charge in [-0.2, -0.15) is 13.7 Å². The van der Waals surface area contributed by atoms with E-state index in [1.165, 1.54) is 17.0 Å². The van der Waals surface area contributed by atoms with E-state index in [-0.39, 0.29) is 48.2 Å². The molecule has 2 amide bonds. The highest BCUT2D eigenvalue weighted by Crippen LogP contribution is 2.36. The Morgan fingerprint density at radius 1 is 1.22 bits per heavy atom. The lowest BCUT2D eigenvalue weighted by atomic mass is 9.81. The largest absolute Gasteiger partial charge is 0.346 e. The van der Waals surface area contributed by atoms with Crippen molar-refractivity contribution in [2.75, 3.05) is 27.2 Å². The number of likely N-dealkylation sites (N-methyl/N-ethyl adjacent to an activating group) is 1. The molecule has 0 radical (unpaired) electrons. The van der Waals surface area contributed by atoms with E-state index in [2.05, 4.69) is 11.4 Å². The van der Waals surface area contributed by atoms with Crippen LogP contribution >= 0.6 is 0 Å². The molecule has 2 fully saturated rings. The lowest BCUT2D eigenvalue weighted by molar-refractivity contribution is -0.148. The normalized spacial score (nSPS) is 25.8. The monoisotopic (exact) mass is 462 g/mol. The van der Waals surface area contributed by atoms with Gasteiger partial charge < -0.3 is 15.1 Å². The zero-order valence-electron chi connectivity index (χ0n) is 18.5. The van der Waals surface area contributed by atoms with Crippen molar-refractivity contribution in [3.8, 4) is 6.07 Å². The van der Waals surface area contributed by atoms with Crippen LogP contribution in [0.4, 0.5) is 0 Å². The van der Waals surface area contributed by atoms with Crippen LogP contribution in [0.3, 0.4) is 0 Å². The van der Waals surface area contributed by atoms with E-state index < -0.39 is 15.7 Å². The summed E-state index contributed by atoms with van der Waals surface area (Å²) in [5.41, 5.74) is -1.47. The van der Waals surface area contributed by atoms with Crippen LogP contribution in [-0.4, -0.2) is 74.9 Å². The Morgan fingerprint density at radius 3 is 2.47 bits per heavy atom. The molecule has 0 bridgehead atoms. The summed E-state index contributed by atoms with van der Waals surface area (Å²) in [4.78, 5) is 28.4. The van der Waals surface area contributed by atoms with E-state index >= 15 is 0 Å². The van der Waals surface area contributed by atoms with Crippen LogP contribution in [0.2, 0.25) is 0 Å². The van der Waals surface area contributed by atoms with E-state index in [1.807, 2.05) is 0 Å². The molecule has 10 heteroatoms. The van der Waals surface area contributed by atoms with Crippen LogP contribution < -0.4 is 5.32 Å². The molecule has 0 spiro atoms. The predicted molar refractivity (Wildman–Crippen MR) is 117 cm³/mol. The van der Waals surface area contributed by atoms with Crippen LogP contribution in [0, 0.1) is 11.3 Å². The smallest absolute Gasteiger partial charge is 0.298 e. The van der Waals surface area contributed by atoms with Gasteiger partial charge in [0.2, 0.25) is 5.91 Å². The number of carbonyl (C=O) groups excluding carboxylic acids is 2. The van der Waals surface area contributed by atoms with Gasteiger partial charge in [-0.1, -0.05) is 18.2 Å². The molecular weight excluding hydrogens is 432 g/mol. The zero-order valence-corrected chi connectivity index (χ0v) is 19.3. The van der Waals surface area contributed by atoms with Gasteiger partial charge in [0.05, 0.1) is 17.5 Å². The van der Waals surface area contributed by atoms with Crippen molar-refractivity contribution in [2.24, 2.45) is 0 Å². The fourth-order valence-electron chi connectivity index (χ4n) is 4.41. The van der Waals surface area contributed by atoms with Gasteiger partial charge in [-0.3, -0.25) is 9.59 Å². The number of nitriles is 1. The van der Waals surface area contributed by atoms with Gasteiger partial charge in [-0.05, 0) is 50.7 Å². The first-order valence-corrected chi connectivity index (χ1v) is 12.2. The summed E-state index contributed by atoms with van der Waals surface area (Å²) >= 11 is 0. The van der Waals surface area contributed by atoms with Crippen molar-refractivity contribution in [1.82, 2.24) is 15.1 Å². The van der Waals surface area contributed by atoms with Gasteiger partial charge in [-0.15, -0.1) is 0 Å². The average molecular weight is 463 g/mol. The molecular formula is C22H30N4O5S. The Labute approximate surface area is 189 Å². The number of nitrogens with zero attached hydrogens (tertiary/aromatic N) is 3. The zero-order chi connectivity index (χ0) is 23.4. The lowest BCUT2D eigenvalue weighted by Crippen LogP contribution is -2.54. The molecule has 2 aliphatic rings. The number of benzene rings is 1. The lowest BCUT2D eigenvalue weighted by Gasteiger charge is -2.39. The molecule has 1 heterocycles. The first-order valence-electron chi connectivity index (χ1n) is 10.8. The predicted octanol–water partition coefficient (Wildman–Crippen LogP) is 1.27. The summed E-state index contributed by atoms with van der Waals surface area (Å²) in [5.74, 6) is -0.501. The minimum atomic E-state index is -4.12. The summed E-state index contributed by atoms with van der Waals surface area (Å²) < 4.78 is 31.3. The van der Waals surface area contributed by atoms with Gasteiger partial charge in [0.25, 0.3) is 16.0 Å². The summed E-state index contributed by atoms with van der Waals surface area (Å²) in [5, 5.41) is 12.4. The van der Waals surface area contributed by atoms with E-state index in [9.17, 15) is 18.0 Å². The molecule has 1 atom stereocenters. The Morgan fingerprint density at radius 2 is 1.88 bits per heavy atom. The van der Waals surface area contributed by atoms with Crippen molar-refractivity contribution < 1.29 is 22.2 Å². The topological polar surface area (TPSA) is 120 Å². The minimum Gasteiger partial charge on any atom is -0.346 e. The quantitative estimate of drug-likeness (QED) is 0.606. The average Bonchev–Trinajstić information content (AvgIpc) is 3.27. The molecule has 0 aromatic heterocycles. The SMILES string of the molecule is CN(C)C(=O)C1(OS(=O)(=O)c2ccccc2)CCC(NCC(=O)N2CCC[C@H]2C#N)CC1. The van der Waals surface area contributed by atoms with E-state index in [0.717, 1.165) is 6.42 Å². The van der Waals surface area contributed by atoms with Crippen LogP contribution in [-0.2, 0) is 23.9 Å². The third kappa shape index (κ3) is 5.28. The maximum atomic E-state index is 13.0. The summed E-state index contributed by atoms with van der Waals surface area (Å²) in [6.45, 7) is 0.704. The number of hydrogen-bond acceptors (Lipinski definition) is 7. The highest BCUT2D eigenvalue weighted by atomic mass is 32.2. The molecule has 1 aromatic carbocycles. The van der Waals surface area contributed by atoms with Crippen molar-refractivity contribution in [3.63, 3.8) is 0 Å². The second-order valence-electron chi connectivity index (χ2n) is 8.57. The van der Waals surface area contributed by atoms with E-state index in [1.54, 1.807) is 37.2 Å². The van der Waals surface area contributed by atoms with Gasteiger partial charge >= 0.3 is 0 Å². The number of carbonyl (C=O) groups is 2. The molecule has 174 valence electrons. The first kappa shape index (κ1) is 24.2. The van der Waals surface area contributed by atoms with Gasteiger partial charge in [0.1, 0.15) is 6.04 Å². The van der Waals surface area contributed by atoms with Crippen LogP contribution in [0.15, 0.2) is 35.2 Å². The highest BCUT2D eigenvalue weighted by molar-refractivity contribution is 7.86. The molecule has 1 saturated heterocycles. The second kappa shape index (κ2) is 9.98. The number of nitrogens with one attached hydrogen (secondary N) is 1. The molecule has 1 saturated carbocycles. The Bertz CT molecular complexity index is 966. The minimum absolute atomic E-state index is 0.00874. The number of amides is 2. The van der Waals surface area contributed by atoms with E-state index in [4.69, 9.17) is 9.44 Å². The van der Waals surface area contributed by atoms with Crippen molar-refractivity contribution in [3.05, 3.63) is 30.3 Å². The van der Waals surface area contributed by atoms with Gasteiger partial charge in [0.15, 0.2) is 5.60 Å². The Balaban J connectivity index is 1.65. The van der Waals surface area contributed by atoms with Gasteiger partial charge in [-0.25, -0.2) is 4.18 Å². The second-order valence-corrected chi connectivity index (χ2v) is 10.1. The fraction of sp³-hybridized carbons (Fsp3) is 0.591. The fourth-order valence-corrected chi connectivity index (χ4v) is 5.65.